The molecule has 116 valence electrons. The Labute approximate surface area is 132 Å². The highest BCUT2D eigenvalue weighted by atomic mass is 16.2. The summed E-state index contributed by atoms with van der Waals surface area (Å²) < 4.78 is 0. The molecule has 1 fully saturated rings. The van der Waals surface area contributed by atoms with Gasteiger partial charge in [0.25, 0.3) is 0 Å². The van der Waals surface area contributed by atoms with Gasteiger partial charge in [0.2, 0.25) is 5.91 Å². The molecule has 3 heteroatoms. The molecule has 0 bridgehead atoms. The number of nitrogens with one attached hydrogen (secondary N) is 1. The number of amides is 1. The molecule has 1 heterocycles. The molecule has 0 aromatic heterocycles. The van der Waals surface area contributed by atoms with E-state index in [0.29, 0.717) is 6.54 Å². The average Bonchev–Trinajstić information content (AvgIpc) is 2.55. The third kappa shape index (κ3) is 3.66. The van der Waals surface area contributed by atoms with Gasteiger partial charge in [-0.1, -0.05) is 42.8 Å². The van der Waals surface area contributed by atoms with Crippen molar-refractivity contribution in [3.05, 3.63) is 48.0 Å². The van der Waals surface area contributed by atoms with E-state index in [9.17, 15) is 4.79 Å². The van der Waals surface area contributed by atoms with Crippen LogP contribution in [0.3, 0.4) is 0 Å². The van der Waals surface area contributed by atoms with Crippen molar-refractivity contribution in [2.45, 2.75) is 32.2 Å². The smallest absolute Gasteiger partial charge is 0.234 e. The Kier molecular flexibility index (Phi) is 4.74. The van der Waals surface area contributed by atoms with Crippen LogP contribution >= 0.6 is 0 Å². The molecule has 1 aliphatic heterocycles. The minimum Gasteiger partial charge on any atom is -0.348 e. The van der Waals surface area contributed by atoms with Gasteiger partial charge in [0.15, 0.2) is 0 Å². The molecule has 2 aromatic carbocycles. The number of fused-ring (bicyclic) bond motifs is 1. The van der Waals surface area contributed by atoms with Gasteiger partial charge in [-0.25, -0.2) is 0 Å². The van der Waals surface area contributed by atoms with E-state index >= 15 is 0 Å². The fraction of sp³-hybridized carbons (Fsp3) is 0.421. The van der Waals surface area contributed by atoms with Gasteiger partial charge in [-0.3, -0.25) is 9.69 Å². The number of likely N-dealkylation sites (tertiary alicyclic amines) is 1. The molecule has 22 heavy (non-hydrogen) atoms. The van der Waals surface area contributed by atoms with Crippen LogP contribution in [0.1, 0.15) is 37.8 Å². The molecule has 1 amide bonds. The van der Waals surface area contributed by atoms with Crippen molar-refractivity contribution in [1.29, 1.82) is 0 Å². The number of carbonyl (C=O) groups excluding carboxylic acids is 1. The van der Waals surface area contributed by atoms with E-state index in [2.05, 4.69) is 47.5 Å². The zero-order valence-corrected chi connectivity index (χ0v) is 13.2. The summed E-state index contributed by atoms with van der Waals surface area (Å²) in [7, 11) is 0. The molecule has 2 aromatic rings. The van der Waals surface area contributed by atoms with Crippen LogP contribution in [0, 0.1) is 0 Å². The van der Waals surface area contributed by atoms with Crippen molar-refractivity contribution < 1.29 is 4.79 Å². The number of hydrogen-bond donors (Lipinski definition) is 1. The van der Waals surface area contributed by atoms with Gasteiger partial charge in [-0.05, 0) is 55.3 Å². The maximum absolute atomic E-state index is 12.2. The van der Waals surface area contributed by atoms with Crippen molar-refractivity contribution in [3.8, 4) is 0 Å². The summed E-state index contributed by atoms with van der Waals surface area (Å²) in [5.41, 5.74) is 1.16. The summed E-state index contributed by atoms with van der Waals surface area (Å²) in [4.78, 5) is 14.5. The lowest BCUT2D eigenvalue weighted by atomic mass is 10.0. The van der Waals surface area contributed by atoms with E-state index in [-0.39, 0.29) is 11.9 Å². The van der Waals surface area contributed by atoms with Crippen LogP contribution in [-0.2, 0) is 4.79 Å². The molecular weight excluding hydrogens is 272 g/mol. The highest BCUT2D eigenvalue weighted by Crippen LogP contribution is 2.20. The maximum atomic E-state index is 12.2. The van der Waals surface area contributed by atoms with Gasteiger partial charge in [0.1, 0.15) is 0 Å². The second-order valence-corrected chi connectivity index (χ2v) is 6.23. The first-order valence-corrected chi connectivity index (χ1v) is 8.23. The lowest BCUT2D eigenvalue weighted by Crippen LogP contribution is -2.40. The lowest BCUT2D eigenvalue weighted by molar-refractivity contribution is -0.123. The van der Waals surface area contributed by atoms with Gasteiger partial charge in [0.05, 0.1) is 12.6 Å². The van der Waals surface area contributed by atoms with E-state index in [0.717, 1.165) is 18.7 Å². The Hall–Kier alpha value is -1.87. The van der Waals surface area contributed by atoms with Crippen molar-refractivity contribution >= 4 is 16.7 Å². The molecule has 1 N–H and O–H groups in total. The van der Waals surface area contributed by atoms with Gasteiger partial charge in [-0.2, -0.15) is 0 Å². The number of rotatable bonds is 4. The van der Waals surface area contributed by atoms with Crippen molar-refractivity contribution in [2.24, 2.45) is 0 Å². The quantitative estimate of drug-likeness (QED) is 0.936. The monoisotopic (exact) mass is 296 g/mol. The number of benzene rings is 2. The number of hydrogen-bond acceptors (Lipinski definition) is 2. The Morgan fingerprint density at radius 3 is 2.59 bits per heavy atom. The molecule has 3 nitrogen and oxygen atoms in total. The highest BCUT2D eigenvalue weighted by molar-refractivity contribution is 5.83. The summed E-state index contributed by atoms with van der Waals surface area (Å²) in [6, 6.07) is 14.8. The first kappa shape index (κ1) is 15.0. The summed E-state index contributed by atoms with van der Waals surface area (Å²) in [6.45, 7) is 4.69. The van der Waals surface area contributed by atoms with Crippen LogP contribution < -0.4 is 5.32 Å². The van der Waals surface area contributed by atoms with Gasteiger partial charge in [0, 0.05) is 0 Å². The highest BCUT2D eigenvalue weighted by Gasteiger charge is 2.15. The van der Waals surface area contributed by atoms with E-state index in [1.165, 1.54) is 30.0 Å². The van der Waals surface area contributed by atoms with E-state index < -0.39 is 0 Å². The minimum absolute atomic E-state index is 0.0434. The van der Waals surface area contributed by atoms with Crippen LogP contribution in [0.15, 0.2) is 42.5 Å². The molecule has 0 spiro atoms. The lowest BCUT2D eigenvalue weighted by Gasteiger charge is -2.26. The fourth-order valence-electron chi connectivity index (χ4n) is 3.17. The molecule has 0 unspecified atom stereocenters. The van der Waals surface area contributed by atoms with E-state index in [4.69, 9.17) is 0 Å². The summed E-state index contributed by atoms with van der Waals surface area (Å²) in [5, 5.41) is 5.58. The second-order valence-electron chi connectivity index (χ2n) is 6.23. The van der Waals surface area contributed by atoms with Crippen molar-refractivity contribution in [3.63, 3.8) is 0 Å². The summed E-state index contributed by atoms with van der Waals surface area (Å²) in [5.74, 6) is 0.127. The fourth-order valence-corrected chi connectivity index (χ4v) is 3.17. The summed E-state index contributed by atoms with van der Waals surface area (Å²) in [6.07, 6.45) is 3.73. The largest absolute Gasteiger partial charge is 0.348 e. The molecule has 0 aliphatic carbocycles. The number of nitrogens with zero attached hydrogens (tertiary/aromatic N) is 1. The van der Waals surface area contributed by atoms with Crippen LogP contribution in [0.4, 0.5) is 0 Å². The predicted octanol–water partition coefficient (Wildman–Crippen LogP) is 3.50. The van der Waals surface area contributed by atoms with Gasteiger partial charge in [-0.15, -0.1) is 0 Å². The van der Waals surface area contributed by atoms with Crippen LogP contribution in [-0.4, -0.2) is 30.4 Å². The molecule has 1 atom stereocenters. The molecule has 1 aliphatic rings. The SMILES string of the molecule is C[C@@H](NC(=O)CN1CCCCC1)c1ccc2ccccc2c1. The molecular formula is C19H24N2O. The Morgan fingerprint density at radius 1 is 1.09 bits per heavy atom. The standard InChI is InChI=1S/C19H24N2O/c1-15(20-19(22)14-21-11-5-2-6-12-21)17-10-9-16-7-3-4-8-18(16)13-17/h3-4,7-10,13,15H,2,5-6,11-12,14H2,1H3,(H,20,22)/t15-/m1/s1. The molecule has 0 radical (unpaired) electrons. The normalized spacial score (nSPS) is 17.3. The summed E-state index contributed by atoms with van der Waals surface area (Å²) >= 11 is 0. The number of piperidine rings is 1. The molecule has 0 saturated carbocycles. The Morgan fingerprint density at radius 2 is 1.82 bits per heavy atom. The predicted molar refractivity (Wildman–Crippen MR) is 90.8 cm³/mol. The first-order chi connectivity index (χ1) is 10.7. The minimum atomic E-state index is 0.0434. The van der Waals surface area contributed by atoms with Crippen LogP contribution in [0.25, 0.3) is 10.8 Å². The van der Waals surface area contributed by atoms with Gasteiger partial charge < -0.3 is 5.32 Å². The first-order valence-electron chi connectivity index (χ1n) is 8.23. The van der Waals surface area contributed by atoms with Gasteiger partial charge >= 0.3 is 0 Å². The molecule has 1 saturated heterocycles. The van der Waals surface area contributed by atoms with E-state index in [1.54, 1.807) is 0 Å². The van der Waals surface area contributed by atoms with Crippen molar-refractivity contribution in [1.82, 2.24) is 10.2 Å². The van der Waals surface area contributed by atoms with E-state index in [1.807, 2.05) is 12.1 Å². The molecule has 3 rings (SSSR count). The average molecular weight is 296 g/mol. The second kappa shape index (κ2) is 6.93. The van der Waals surface area contributed by atoms with Crippen LogP contribution in [0.2, 0.25) is 0 Å². The third-order valence-corrected chi connectivity index (χ3v) is 4.47. The van der Waals surface area contributed by atoms with Crippen molar-refractivity contribution in [2.75, 3.05) is 19.6 Å². The van der Waals surface area contributed by atoms with Crippen LogP contribution in [0.5, 0.6) is 0 Å². The Bertz CT molecular complexity index is 647. The maximum Gasteiger partial charge on any atom is 0.234 e. The third-order valence-electron chi connectivity index (χ3n) is 4.47. The zero-order valence-electron chi connectivity index (χ0n) is 13.2. The topological polar surface area (TPSA) is 32.3 Å². The zero-order chi connectivity index (χ0) is 15.4. The Balaban J connectivity index is 1.62. The number of carbonyl (C=O) groups is 1.